The summed E-state index contributed by atoms with van der Waals surface area (Å²) in [5, 5.41) is 6.25. The average molecular weight is 526 g/mol. The van der Waals surface area contributed by atoms with E-state index in [0.29, 0.717) is 0 Å². The van der Waals surface area contributed by atoms with Crippen LogP contribution in [0.2, 0.25) is 0 Å². The van der Waals surface area contributed by atoms with Crippen molar-refractivity contribution in [3.8, 4) is 11.3 Å². The zero-order chi connectivity index (χ0) is 26.7. The van der Waals surface area contributed by atoms with Gasteiger partial charge in [0, 0.05) is 17.7 Å². The molecule has 0 bridgehead atoms. The number of nitrogens with two attached hydrogens (primary N) is 1. The largest absolute Gasteiger partial charge is 0.418 e. The van der Waals surface area contributed by atoms with E-state index in [1.807, 2.05) is 0 Å². The lowest BCUT2D eigenvalue weighted by molar-refractivity contribution is -0.137. The maximum atomic E-state index is 14.6. The minimum Gasteiger partial charge on any atom is -0.382 e. The zero-order valence-corrected chi connectivity index (χ0v) is 19.0. The molecule has 5 rings (SSSR count). The zero-order valence-electron chi connectivity index (χ0n) is 19.0. The molecule has 1 saturated heterocycles. The molecular formula is C23H20F6N6O2. The lowest BCUT2D eigenvalue weighted by atomic mass is 10.0. The topological polar surface area (TPSA) is 106 Å². The van der Waals surface area contributed by atoms with Crippen LogP contribution in [0.3, 0.4) is 0 Å². The van der Waals surface area contributed by atoms with Crippen molar-refractivity contribution < 1.29 is 35.9 Å². The second kappa shape index (κ2) is 8.63. The monoisotopic (exact) mass is 526 g/mol. The number of rotatable bonds is 5. The van der Waals surface area contributed by atoms with Crippen molar-refractivity contribution in [1.29, 1.82) is 0 Å². The molecule has 14 heteroatoms. The van der Waals surface area contributed by atoms with Crippen molar-refractivity contribution in [2.75, 3.05) is 18.8 Å². The second-order valence-corrected chi connectivity index (χ2v) is 9.12. The Morgan fingerprint density at radius 1 is 1.19 bits per heavy atom. The number of hydrogen-bond acceptors (Lipinski definition) is 5. The van der Waals surface area contributed by atoms with Crippen molar-refractivity contribution in [1.82, 2.24) is 24.8 Å². The van der Waals surface area contributed by atoms with Crippen LogP contribution in [0.1, 0.15) is 34.3 Å². The molecule has 3 heterocycles. The molecule has 0 radical (unpaired) electrons. The molecule has 1 saturated carbocycles. The smallest absolute Gasteiger partial charge is 0.382 e. The molecule has 0 unspecified atom stereocenters. The minimum atomic E-state index is -4.79. The van der Waals surface area contributed by atoms with Gasteiger partial charge in [-0.3, -0.25) is 9.59 Å². The standard InChI is InChI=1S/C23H20F6N6O2/c24-7-12-2-1-11(17-6-14(23(27,28)29)18-19(30)31-10-32-35(17)18)5-13(12)20(36)33-16-9-34(8-15(16)25)21(37)22(26)3-4-22/h1-2,5-6,10,15-16H,3-4,7-9H2,(H,33,36)(H2,30,31,32)/t15-,16+/m0/s1. The number of nitrogens with one attached hydrogen (secondary N) is 1. The van der Waals surface area contributed by atoms with Crippen molar-refractivity contribution in [2.24, 2.45) is 0 Å². The summed E-state index contributed by atoms with van der Waals surface area (Å²) in [7, 11) is 0. The third-order valence-electron chi connectivity index (χ3n) is 6.61. The number of likely N-dealkylation sites (tertiary alicyclic amines) is 1. The molecule has 1 aliphatic carbocycles. The molecule has 1 aliphatic heterocycles. The van der Waals surface area contributed by atoms with E-state index in [1.165, 1.54) is 12.1 Å². The van der Waals surface area contributed by atoms with Gasteiger partial charge in [-0.25, -0.2) is 22.7 Å². The van der Waals surface area contributed by atoms with Gasteiger partial charge in [-0.2, -0.15) is 18.3 Å². The maximum Gasteiger partial charge on any atom is 0.418 e. The molecule has 2 aromatic heterocycles. The Hall–Kier alpha value is -3.84. The van der Waals surface area contributed by atoms with E-state index < -0.39 is 66.0 Å². The van der Waals surface area contributed by atoms with Crippen molar-refractivity contribution in [2.45, 2.75) is 43.6 Å². The van der Waals surface area contributed by atoms with Crippen LogP contribution in [-0.2, 0) is 17.6 Å². The van der Waals surface area contributed by atoms with E-state index >= 15 is 0 Å². The fraction of sp³-hybridized carbons (Fsp3) is 0.391. The first-order chi connectivity index (χ1) is 17.4. The van der Waals surface area contributed by atoms with Gasteiger partial charge in [-0.05, 0) is 30.5 Å². The number of halogens is 6. The molecule has 2 fully saturated rings. The molecule has 0 spiro atoms. The Bertz CT molecular complexity index is 1400. The number of benzene rings is 1. The fourth-order valence-electron chi connectivity index (χ4n) is 4.47. The van der Waals surface area contributed by atoms with Crippen LogP contribution in [0.25, 0.3) is 16.8 Å². The lowest BCUT2D eigenvalue weighted by Crippen LogP contribution is -2.43. The van der Waals surface area contributed by atoms with Crippen LogP contribution >= 0.6 is 0 Å². The highest BCUT2D eigenvalue weighted by Crippen LogP contribution is 2.42. The highest BCUT2D eigenvalue weighted by atomic mass is 19.4. The summed E-state index contributed by atoms with van der Waals surface area (Å²) < 4.78 is 84.3. The Morgan fingerprint density at radius 3 is 2.57 bits per heavy atom. The van der Waals surface area contributed by atoms with Gasteiger partial charge in [0.05, 0.1) is 23.8 Å². The first-order valence-corrected chi connectivity index (χ1v) is 11.2. The van der Waals surface area contributed by atoms with Crippen LogP contribution in [0.15, 0.2) is 30.6 Å². The average Bonchev–Trinajstić information content (AvgIpc) is 3.31. The summed E-state index contributed by atoms with van der Waals surface area (Å²) in [6.45, 7) is -1.75. The third kappa shape index (κ3) is 4.33. The number of anilines is 1. The maximum absolute atomic E-state index is 14.6. The molecule has 8 nitrogen and oxygen atoms in total. The SMILES string of the molecule is Nc1ncnn2c(-c3ccc(CF)c(C(=O)N[C@@H]4CN(C(=O)C5(F)CC5)C[C@@H]4F)c3)cc(C(F)(F)F)c12. The summed E-state index contributed by atoms with van der Waals surface area (Å²) in [5.41, 5.74) is 1.75. The van der Waals surface area contributed by atoms with Gasteiger partial charge in [0.1, 0.15) is 24.7 Å². The van der Waals surface area contributed by atoms with Gasteiger partial charge in [0.25, 0.3) is 11.8 Å². The van der Waals surface area contributed by atoms with Gasteiger partial charge in [-0.15, -0.1) is 0 Å². The van der Waals surface area contributed by atoms with Crippen LogP contribution in [0.4, 0.5) is 32.2 Å². The molecule has 1 aromatic carbocycles. The Morgan fingerprint density at radius 2 is 1.92 bits per heavy atom. The van der Waals surface area contributed by atoms with E-state index in [4.69, 9.17) is 5.73 Å². The first-order valence-electron chi connectivity index (χ1n) is 11.2. The molecule has 2 aliphatic rings. The van der Waals surface area contributed by atoms with Gasteiger partial charge in [0.15, 0.2) is 11.5 Å². The van der Waals surface area contributed by atoms with Gasteiger partial charge < -0.3 is 16.0 Å². The van der Waals surface area contributed by atoms with Crippen molar-refractivity contribution in [3.05, 3.63) is 47.3 Å². The normalized spacial score (nSPS) is 20.9. The number of nitrogen functional groups attached to an aromatic ring is 1. The highest BCUT2D eigenvalue weighted by molar-refractivity contribution is 5.97. The summed E-state index contributed by atoms with van der Waals surface area (Å²) in [6, 6.07) is 3.31. The Balaban J connectivity index is 1.46. The minimum absolute atomic E-state index is 0.0595. The number of hydrogen-bond donors (Lipinski definition) is 2. The molecule has 196 valence electrons. The van der Waals surface area contributed by atoms with Gasteiger partial charge in [-0.1, -0.05) is 12.1 Å². The first kappa shape index (κ1) is 24.8. The number of nitrogens with zero attached hydrogens (tertiary/aromatic N) is 4. The number of aromatic nitrogens is 3. The molecule has 37 heavy (non-hydrogen) atoms. The fourth-order valence-corrected chi connectivity index (χ4v) is 4.47. The molecule has 2 amide bonds. The predicted molar refractivity (Wildman–Crippen MR) is 118 cm³/mol. The number of carbonyl (C=O) groups is 2. The van der Waals surface area contributed by atoms with E-state index in [2.05, 4.69) is 15.4 Å². The van der Waals surface area contributed by atoms with E-state index in [9.17, 15) is 35.9 Å². The number of fused-ring (bicyclic) bond motifs is 1. The number of alkyl halides is 6. The quantitative estimate of drug-likeness (QED) is 0.497. The lowest BCUT2D eigenvalue weighted by Gasteiger charge is -2.19. The second-order valence-electron chi connectivity index (χ2n) is 9.12. The summed E-state index contributed by atoms with van der Waals surface area (Å²) in [4.78, 5) is 29.8. The van der Waals surface area contributed by atoms with Crippen LogP contribution in [0.5, 0.6) is 0 Å². The van der Waals surface area contributed by atoms with E-state index in [1.54, 1.807) is 0 Å². The van der Waals surface area contributed by atoms with Gasteiger partial charge in [0.2, 0.25) is 0 Å². The molecular weight excluding hydrogens is 506 g/mol. The van der Waals surface area contributed by atoms with Crippen molar-refractivity contribution >= 4 is 23.1 Å². The van der Waals surface area contributed by atoms with Crippen LogP contribution < -0.4 is 11.1 Å². The van der Waals surface area contributed by atoms with E-state index in [-0.39, 0.29) is 41.8 Å². The van der Waals surface area contributed by atoms with Gasteiger partial charge >= 0.3 is 6.18 Å². The Kier molecular flexibility index (Phi) is 5.79. The van der Waals surface area contributed by atoms with Crippen molar-refractivity contribution in [3.63, 3.8) is 0 Å². The molecule has 3 aromatic rings. The summed E-state index contributed by atoms with van der Waals surface area (Å²) in [6.07, 6.45) is -5.39. The predicted octanol–water partition coefficient (Wildman–Crippen LogP) is 3.25. The molecule has 3 N–H and O–H groups in total. The van der Waals surface area contributed by atoms with E-state index in [0.717, 1.165) is 27.9 Å². The number of carbonyl (C=O) groups excluding carboxylic acids is 2. The third-order valence-corrected chi connectivity index (χ3v) is 6.61. The van der Waals surface area contributed by atoms with Crippen LogP contribution in [-0.4, -0.2) is 62.3 Å². The summed E-state index contributed by atoms with van der Waals surface area (Å²) in [5.74, 6) is -2.15. The van der Waals surface area contributed by atoms with Crippen LogP contribution in [0, 0.1) is 0 Å². The summed E-state index contributed by atoms with van der Waals surface area (Å²) >= 11 is 0. The number of amides is 2. The molecule has 2 atom stereocenters. The Labute approximate surface area is 205 Å². The highest BCUT2D eigenvalue weighted by Gasteiger charge is 2.54.